The van der Waals surface area contributed by atoms with E-state index in [1.165, 1.54) is 6.42 Å². The van der Waals surface area contributed by atoms with Crippen molar-refractivity contribution in [3.05, 3.63) is 59.7 Å². The number of nitrogens with one attached hydrogen (secondary N) is 2. The summed E-state index contributed by atoms with van der Waals surface area (Å²) in [7, 11) is 0. The number of amides is 2. The van der Waals surface area contributed by atoms with Crippen LogP contribution in [0.2, 0.25) is 0 Å². The van der Waals surface area contributed by atoms with E-state index in [1.54, 1.807) is 0 Å². The first-order valence-corrected chi connectivity index (χ1v) is 11.6. The van der Waals surface area contributed by atoms with Gasteiger partial charge >= 0.3 is 0 Å². The van der Waals surface area contributed by atoms with Crippen molar-refractivity contribution in [1.82, 2.24) is 5.32 Å². The first kappa shape index (κ1) is 22.9. The summed E-state index contributed by atoms with van der Waals surface area (Å²) in [6, 6.07) is 15.7. The highest BCUT2D eigenvalue weighted by atomic mass is 16.2. The van der Waals surface area contributed by atoms with E-state index in [9.17, 15) is 9.59 Å². The fraction of sp³-hybridized carbons (Fsp3) is 0.462. The lowest BCUT2D eigenvalue weighted by Gasteiger charge is -2.31. The van der Waals surface area contributed by atoms with Gasteiger partial charge in [0.2, 0.25) is 5.91 Å². The first-order valence-electron chi connectivity index (χ1n) is 11.6. The molecule has 3 rings (SSSR count). The van der Waals surface area contributed by atoms with Gasteiger partial charge in [0.05, 0.1) is 11.5 Å². The van der Waals surface area contributed by atoms with Gasteiger partial charge in [-0.25, -0.2) is 0 Å². The third kappa shape index (κ3) is 5.87. The molecule has 2 aromatic carbocycles. The molecule has 1 fully saturated rings. The maximum absolute atomic E-state index is 13.1. The lowest BCUT2D eigenvalue weighted by molar-refractivity contribution is -0.117. The molecule has 166 valence electrons. The molecule has 5 nitrogen and oxygen atoms in total. The molecule has 2 unspecified atom stereocenters. The molecule has 31 heavy (non-hydrogen) atoms. The number of rotatable bonds is 8. The SMILES string of the molecule is CCC(C)NC(=O)c1cc(NC(=O)C(CC)c2ccccc2)ccc1N1CCCCC1. The third-order valence-corrected chi connectivity index (χ3v) is 6.12. The molecule has 0 aromatic heterocycles. The number of benzene rings is 2. The Hall–Kier alpha value is -2.82. The minimum absolute atomic E-state index is 0.0484. The number of anilines is 2. The van der Waals surface area contributed by atoms with Crippen LogP contribution in [-0.2, 0) is 4.79 Å². The highest BCUT2D eigenvalue weighted by Crippen LogP contribution is 2.29. The van der Waals surface area contributed by atoms with E-state index in [-0.39, 0.29) is 23.8 Å². The zero-order valence-corrected chi connectivity index (χ0v) is 19.0. The van der Waals surface area contributed by atoms with Gasteiger partial charge in [-0.15, -0.1) is 0 Å². The van der Waals surface area contributed by atoms with Crippen molar-refractivity contribution >= 4 is 23.2 Å². The van der Waals surface area contributed by atoms with Crippen LogP contribution in [0.4, 0.5) is 11.4 Å². The summed E-state index contributed by atoms with van der Waals surface area (Å²) in [5, 5.41) is 6.13. The maximum Gasteiger partial charge on any atom is 0.253 e. The van der Waals surface area contributed by atoms with Crippen molar-refractivity contribution in [2.24, 2.45) is 0 Å². The smallest absolute Gasteiger partial charge is 0.253 e. The Labute approximate surface area is 186 Å². The number of carbonyl (C=O) groups is 2. The van der Waals surface area contributed by atoms with Crippen LogP contribution in [0, 0.1) is 0 Å². The van der Waals surface area contributed by atoms with Gasteiger partial charge in [0.15, 0.2) is 0 Å². The molecule has 2 aromatic rings. The molecule has 0 saturated carbocycles. The Kier molecular flexibility index (Phi) is 8.10. The summed E-state index contributed by atoms with van der Waals surface area (Å²) in [4.78, 5) is 28.4. The largest absolute Gasteiger partial charge is 0.371 e. The summed E-state index contributed by atoms with van der Waals surface area (Å²) in [5.41, 5.74) is 3.25. The predicted molar refractivity (Wildman–Crippen MR) is 128 cm³/mol. The Morgan fingerprint density at radius 3 is 2.32 bits per heavy atom. The number of hydrogen-bond donors (Lipinski definition) is 2. The monoisotopic (exact) mass is 421 g/mol. The third-order valence-electron chi connectivity index (χ3n) is 6.12. The average Bonchev–Trinajstić information content (AvgIpc) is 2.80. The lowest BCUT2D eigenvalue weighted by atomic mass is 9.95. The van der Waals surface area contributed by atoms with E-state index >= 15 is 0 Å². The van der Waals surface area contributed by atoms with Gasteiger partial charge in [-0.05, 0) is 62.8 Å². The van der Waals surface area contributed by atoms with Gasteiger partial charge in [0.1, 0.15) is 0 Å². The highest BCUT2D eigenvalue weighted by molar-refractivity contribution is 6.03. The van der Waals surface area contributed by atoms with Crippen LogP contribution in [0.3, 0.4) is 0 Å². The van der Waals surface area contributed by atoms with E-state index < -0.39 is 0 Å². The zero-order valence-electron chi connectivity index (χ0n) is 19.0. The van der Waals surface area contributed by atoms with Crippen molar-refractivity contribution in [3.8, 4) is 0 Å². The van der Waals surface area contributed by atoms with Crippen LogP contribution in [0.1, 0.15) is 74.7 Å². The molecule has 1 aliphatic heterocycles. The molecule has 0 aliphatic carbocycles. The molecular weight excluding hydrogens is 386 g/mol. The highest BCUT2D eigenvalue weighted by Gasteiger charge is 2.22. The van der Waals surface area contributed by atoms with Crippen LogP contribution < -0.4 is 15.5 Å². The van der Waals surface area contributed by atoms with Gasteiger partial charge < -0.3 is 15.5 Å². The molecule has 0 spiro atoms. The van der Waals surface area contributed by atoms with E-state index in [2.05, 4.69) is 22.5 Å². The quantitative estimate of drug-likeness (QED) is 0.605. The average molecular weight is 422 g/mol. The molecule has 1 aliphatic rings. The summed E-state index contributed by atoms with van der Waals surface area (Å²) >= 11 is 0. The second-order valence-corrected chi connectivity index (χ2v) is 8.42. The van der Waals surface area contributed by atoms with E-state index in [0.29, 0.717) is 17.7 Å². The normalized spacial score (nSPS) is 15.8. The molecule has 1 heterocycles. The maximum atomic E-state index is 13.1. The zero-order chi connectivity index (χ0) is 22.2. The molecule has 0 radical (unpaired) electrons. The standard InChI is InChI=1S/C26H35N3O2/c1-4-19(3)27-26(31)23-18-21(14-15-24(23)29-16-10-7-11-17-29)28-25(30)22(5-2)20-12-8-6-9-13-20/h6,8-9,12-15,18-19,22H,4-5,7,10-11,16-17H2,1-3H3,(H,27,31)(H,28,30). The number of hydrogen-bond acceptors (Lipinski definition) is 3. The minimum Gasteiger partial charge on any atom is -0.371 e. The molecule has 2 N–H and O–H groups in total. The summed E-state index contributed by atoms with van der Waals surface area (Å²) < 4.78 is 0. The summed E-state index contributed by atoms with van der Waals surface area (Å²) in [5.74, 6) is -0.353. The summed E-state index contributed by atoms with van der Waals surface area (Å²) in [6.45, 7) is 8.00. The Bertz CT molecular complexity index is 875. The molecule has 0 bridgehead atoms. The van der Waals surface area contributed by atoms with E-state index in [0.717, 1.165) is 43.6 Å². The molecule has 1 saturated heterocycles. The Morgan fingerprint density at radius 2 is 1.68 bits per heavy atom. The van der Waals surface area contributed by atoms with Gasteiger partial charge in [-0.3, -0.25) is 9.59 Å². The van der Waals surface area contributed by atoms with Crippen molar-refractivity contribution in [2.75, 3.05) is 23.3 Å². The van der Waals surface area contributed by atoms with Gasteiger partial charge in [0.25, 0.3) is 5.91 Å². The number of nitrogens with zero attached hydrogens (tertiary/aromatic N) is 1. The topological polar surface area (TPSA) is 61.4 Å². The second kappa shape index (κ2) is 11.0. The minimum atomic E-state index is -0.222. The van der Waals surface area contributed by atoms with Gasteiger partial charge in [-0.2, -0.15) is 0 Å². The molecule has 2 amide bonds. The van der Waals surface area contributed by atoms with Crippen molar-refractivity contribution in [3.63, 3.8) is 0 Å². The second-order valence-electron chi connectivity index (χ2n) is 8.42. The fourth-order valence-corrected chi connectivity index (χ4v) is 4.10. The van der Waals surface area contributed by atoms with Crippen LogP contribution in [0.5, 0.6) is 0 Å². The molecule has 2 atom stereocenters. The van der Waals surface area contributed by atoms with Crippen molar-refractivity contribution < 1.29 is 9.59 Å². The van der Waals surface area contributed by atoms with Crippen LogP contribution in [0.25, 0.3) is 0 Å². The number of piperidine rings is 1. The predicted octanol–water partition coefficient (Wildman–Crippen LogP) is 5.34. The van der Waals surface area contributed by atoms with Crippen molar-refractivity contribution in [2.45, 2.75) is 64.8 Å². The summed E-state index contributed by atoms with van der Waals surface area (Å²) in [6.07, 6.45) is 5.09. The molecular formula is C26H35N3O2. The molecule has 5 heteroatoms. The van der Waals surface area contributed by atoms with Gasteiger partial charge in [-0.1, -0.05) is 44.2 Å². The fourth-order valence-electron chi connectivity index (χ4n) is 4.10. The van der Waals surface area contributed by atoms with Gasteiger partial charge in [0, 0.05) is 30.5 Å². The van der Waals surface area contributed by atoms with E-state index in [4.69, 9.17) is 0 Å². The first-order chi connectivity index (χ1) is 15.0. The van der Waals surface area contributed by atoms with Crippen LogP contribution >= 0.6 is 0 Å². The van der Waals surface area contributed by atoms with Crippen molar-refractivity contribution in [1.29, 1.82) is 0 Å². The Balaban J connectivity index is 1.85. The lowest BCUT2D eigenvalue weighted by Crippen LogP contribution is -2.35. The van der Waals surface area contributed by atoms with Crippen LogP contribution in [-0.4, -0.2) is 30.9 Å². The Morgan fingerprint density at radius 1 is 0.968 bits per heavy atom. The number of carbonyl (C=O) groups excluding carboxylic acids is 2. The van der Waals surface area contributed by atoms with E-state index in [1.807, 2.05) is 62.4 Å². The van der Waals surface area contributed by atoms with Crippen LogP contribution in [0.15, 0.2) is 48.5 Å².